The van der Waals surface area contributed by atoms with Gasteiger partial charge in [0.2, 0.25) is 0 Å². The number of carbonyl (C=O) groups is 1. The largest absolute Gasteiger partial charge is 0.465 e. The summed E-state index contributed by atoms with van der Waals surface area (Å²) < 4.78 is 18.5. The highest BCUT2D eigenvalue weighted by Crippen LogP contribution is 2.24. The number of ether oxygens (including phenoxy) is 1. The molecule has 0 atom stereocenters. The van der Waals surface area contributed by atoms with E-state index < -0.39 is 0 Å². The van der Waals surface area contributed by atoms with Crippen LogP contribution in [0.2, 0.25) is 0 Å². The molecular weight excluding hydrogens is 233 g/mol. The van der Waals surface area contributed by atoms with Crippen molar-refractivity contribution in [3.05, 3.63) is 35.6 Å². The van der Waals surface area contributed by atoms with E-state index in [0.717, 1.165) is 0 Å². The Morgan fingerprint density at radius 2 is 2.06 bits per heavy atom. The Bertz CT molecular complexity index is 405. The standard InChI is InChI=1S/C14H20FNO2/c1-4-18-13(17)9-16-10-14(2,3)11-7-5-6-8-12(11)15/h5-8,16H,4,9-10H2,1-3H3. The molecule has 3 nitrogen and oxygen atoms in total. The normalized spacial score (nSPS) is 11.3. The maximum atomic E-state index is 13.7. The first-order valence-electron chi connectivity index (χ1n) is 6.08. The lowest BCUT2D eigenvalue weighted by atomic mass is 9.84. The van der Waals surface area contributed by atoms with Crippen molar-refractivity contribution in [2.75, 3.05) is 19.7 Å². The van der Waals surface area contributed by atoms with Gasteiger partial charge in [0.1, 0.15) is 5.82 Å². The van der Waals surface area contributed by atoms with Crippen molar-refractivity contribution in [1.82, 2.24) is 5.32 Å². The molecule has 0 aliphatic heterocycles. The molecule has 1 aromatic rings. The molecule has 0 radical (unpaired) electrons. The molecule has 18 heavy (non-hydrogen) atoms. The van der Waals surface area contributed by atoms with Crippen LogP contribution in [0.25, 0.3) is 0 Å². The van der Waals surface area contributed by atoms with E-state index in [1.54, 1.807) is 19.1 Å². The highest BCUT2D eigenvalue weighted by atomic mass is 19.1. The van der Waals surface area contributed by atoms with Crippen LogP contribution in [0.15, 0.2) is 24.3 Å². The average Bonchev–Trinajstić information content (AvgIpc) is 2.29. The minimum atomic E-state index is -0.377. The Morgan fingerprint density at radius 3 is 2.67 bits per heavy atom. The molecule has 0 bridgehead atoms. The van der Waals surface area contributed by atoms with Crippen molar-refractivity contribution in [2.24, 2.45) is 0 Å². The third-order valence-corrected chi connectivity index (χ3v) is 2.74. The molecule has 0 aromatic heterocycles. The van der Waals surface area contributed by atoms with Crippen LogP contribution in [0.5, 0.6) is 0 Å². The molecular formula is C14H20FNO2. The molecule has 0 saturated heterocycles. The Morgan fingerprint density at radius 1 is 1.39 bits per heavy atom. The Labute approximate surface area is 107 Å². The van der Waals surface area contributed by atoms with Crippen LogP contribution < -0.4 is 5.32 Å². The summed E-state index contributed by atoms with van der Waals surface area (Å²) in [6.07, 6.45) is 0. The fourth-order valence-corrected chi connectivity index (χ4v) is 1.79. The molecule has 1 aromatic carbocycles. The van der Waals surface area contributed by atoms with Crippen LogP contribution in [0.4, 0.5) is 4.39 Å². The predicted octanol–water partition coefficient (Wildman–Crippen LogP) is 2.26. The van der Waals surface area contributed by atoms with Crippen LogP contribution >= 0.6 is 0 Å². The van der Waals surface area contributed by atoms with Gasteiger partial charge in [0.05, 0.1) is 13.2 Å². The summed E-state index contributed by atoms with van der Waals surface area (Å²) in [5.41, 5.74) is 0.263. The maximum Gasteiger partial charge on any atom is 0.319 e. The highest BCUT2D eigenvalue weighted by molar-refractivity contribution is 5.71. The van der Waals surface area contributed by atoms with E-state index in [1.807, 2.05) is 19.9 Å². The summed E-state index contributed by atoms with van der Waals surface area (Å²) >= 11 is 0. The molecule has 0 aliphatic rings. The van der Waals surface area contributed by atoms with E-state index in [9.17, 15) is 9.18 Å². The quantitative estimate of drug-likeness (QED) is 0.790. The number of benzene rings is 1. The van der Waals surface area contributed by atoms with Crippen molar-refractivity contribution in [1.29, 1.82) is 0 Å². The maximum absolute atomic E-state index is 13.7. The molecule has 0 spiro atoms. The van der Waals surface area contributed by atoms with Crippen LogP contribution in [-0.4, -0.2) is 25.7 Å². The molecule has 100 valence electrons. The summed E-state index contributed by atoms with van der Waals surface area (Å²) in [7, 11) is 0. The fourth-order valence-electron chi connectivity index (χ4n) is 1.79. The van der Waals surface area contributed by atoms with Gasteiger partial charge < -0.3 is 10.1 Å². The SMILES string of the molecule is CCOC(=O)CNCC(C)(C)c1ccccc1F. The summed E-state index contributed by atoms with van der Waals surface area (Å²) in [4.78, 5) is 11.2. The van der Waals surface area contributed by atoms with Gasteiger partial charge in [0.25, 0.3) is 0 Å². The first-order chi connectivity index (χ1) is 8.47. The van der Waals surface area contributed by atoms with E-state index in [4.69, 9.17) is 4.74 Å². The summed E-state index contributed by atoms with van der Waals surface area (Å²) in [5, 5.41) is 2.99. The number of nitrogens with one attached hydrogen (secondary N) is 1. The van der Waals surface area contributed by atoms with Crippen molar-refractivity contribution in [3.63, 3.8) is 0 Å². The first kappa shape index (κ1) is 14.6. The zero-order valence-corrected chi connectivity index (χ0v) is 11.1. The number of hydrogen-bond acceptors (Lipinski definition) is 3. The van der Waals surface area contributed by atoms with Crippen molar-refractivity contribution in [3.8, 4) is 0 Å². The number of rotatable bonds is 6. The Kier molecular flexibility index (Phi) is 5.28. The van der Waals surface area contributed by atoms with E-state index in [-0.39, 0.29) is 23.7 Å². The van der Waals surface area contributed by atoms with Gasteiger partial charge in [-0.2, -0.15) is 0 Å². The lowest BCUT2D eigenvalue weighted by molar-refractivity contribution is -0.142. The van der Waals surface area contributed by atoms with Gasteiger partial charge >= 0.3 is 5.97 Å². The number of halogens is 1. The molecule has 0 unspecified atom stereocenters. The van der Waals surface area contributed by atoms with Crippen molar-refractivity contribution in [2.45, 2.75) is 26.2 Å². The number of carbonyl (C=O) groups excluding carboxylic acids is 1. The van der Waals surface area contributed by atoms with Crippen molar-refractivity contribution < 1.29 is 13.9 Å². The smallest absolute Gasteiger partial charge is 0.319 e. The first-order valence-corrected chi connectivity index (χ1v) is 6.08. The van der Waals surface area contributed by atoms with E-state index in [0.29, 0.717) is 18.7 Å². The molecule has 0 amide bonds. The van der Waals surface area contributed by atoms with Gasteiger partial charge in [0.15, 0.2) is 0 Å². The van der Waals surface area contributed by atoms with Crippen LogP contribution in [0, 0.1) is 5.82 Å². The molecule has 0 heterocycles. The molecule has 0 fully saturated rings. The monoisotopic (exact) mass is 253 g/mol. The zero-order valence-electron chi connectivity index (χ0n) is 11.1. The number of esters is 1. The van der Waals surface area contributed by atoms with E-state index >= 15 is 0 Å². The molecule has 1 N–H and O–H groups in total. The number of hydrogen-bond donors (Lipinski definition) is 1. The molecule has 4 heteroatoms. The molecule has 0 saturated carbocycles. The van der Waals surface area contributed by atoms with Crippen LogP contribution in [0.3, 0.4) is 0 Å². The van der Waals surface area contributed by atoms with Gasteiger partial charge in [-0.1, -0.05) is 32.0 Å². The highest BCUT2D eigenvalue weighted by Gasteiger charge is 2.23. The fraction of sp³-hybridized carbons (Fsp3) is 0.500. The van der Waals surface area contributed by atoms with Gasteiger partial charge in [-0.3, -0.25) is 4.79 Å². The van der Waals surface area contributed by atoms with Crippen LogP contribution in [0.1, 0.15) is 26.3 Å². The second kappa shape index (κ2) is 6.50. The van der Waals surface area contributed by atoms with E-state index in [2.05, 4.69) is 5.32 Å². The summed E-state index contributed by atoms with van der Waals surface area (Å²) in [5.74, 6) is -0.512. The Balaban J connectivity index is 2.55. The zero-order chi connectivity index (χ0) is 13.6. The Hall–Kier alpha value is -1.42. The van der Waals surface area contributed by atoms with Gasteiger partial charge in [-0.05, 0) is 18.6 Å². The minimum Gasteiger partial charge on any atom is -0.465 e. The lowest BCUT2D eigenvalue weighted by Gasteiger charge is -2.26. The second-order valence-corrected chi connectivity index (χ2v) is 4.77. The minimum absolute atomic E-state index is 0.145. The van der Waals surface area contributed by atoms with Gasteiger partial charge in [-0.25, -0.2) is 4.39 Å². The topological polar surface area (TPSA) is 38.3 Å². The van der Waals surface area contributed by atoms with Gasteiger partial charge in [0, 0.05) is 12.0 Å². The second-order valence-electron chi connectivity index (χ2n) is 4.77. The molecule has 1 rings (SSSR count). The van der Waals surface area contributed by atoms with Crippen molar-refractivity contribution >= 4 is 5.97 Å². The summed E-state index contributed by atoms with van der Waals surface area (Å²) in [6, 6.07) is 6.69. The van der Waals surface area contributed by atoms with E-state index in [1.165, 1.54) is 6.07 Å². The van der Waals surface area contributed by atoms with Gasteiger partial charge in [-0.15, -0.1) is 0 Å². The average molecular weight is 253 g/mol. The summed E-state index contributed by atoms with van der Waals surface area (Å²) in [6.45, 7) is 6.66. The van der Waals surface area contributed by atoms with Crippen LogP contribution in [-0.2, 0) is 14.9 Å². The lowest BCUT2D eigenvalue weighted by Crippen LogP contribution is -2.36. The third-order valence-electron chi connectivity index (χ3n) is 2.74. The predicted molar refractivity (Wildman–Crippen MR) is 68.9 cm³/mol. The molecule has 0 aliphatic carbocycles. The third kappa shape index (κ3) is 4.11.